The van der Waals surface area contributed by atoms with Gasteiger partial charge in [0.2, 0.25) is 0 Å². The Labute approximate surface area is 136 Å². The summed E-state index contributed by atoms with van der Waals surface area (Å²) in [4.78, 5) is 7.26. The van der Waals surface area contributed by atoms with Crippen molar-refractivity contribution in [3.63, 3.8) is 0 Å². The van der Waals surface area contributed by atoms with Crippen LogP contribution in [-0.4, -0.2) is 22.8 Å². The zero-order chi connectivity index (χ0) is 16.0. The third-order valence-corrected chi connectivity index (χ3v) is 5.18. The van der Waals surface area contributed by atoms with E-state index in [2.05, 4.69) is 14.7 Å². The van der Waals surface area contributed by atoms with Crippen LogP contribution < -0.4 is 4.72 Å². The first kappa shape index (κ1) is 14.1. The van der Waals surface area contributed by atoms with Gasteiger partial charge in [0.1, 0.15) is 16.4 Å². The van der Waals surface area contributed by atoms with Crippen LogP contribution in [0.4, 0.5) is 5.82 Å². The molecule has 0 aliphatic rings. The van der Waals surface area contributed by atoms with Crippen molar-refractivity contribution >= 4 is 44.0 Å². The van der Waals surface area contributed by atoms with E-state index in [9.17, 15) is 8.42 Å². The number of sulfonamides is 1. The maximum Gasteiger partial charge on any atom is 0.265 e. The minimum absolute atomic E-state index is 0.162. The first-order valence-corrected chi connectivity index (χ1v) is 8.62. The first-order chi connectivity index (χ1) is 11.0. The molecule has 0 spiro atoms. The molecule has 2 N–H and O–H groups in total. The lowest BCUT2D eigenvalue weighted by molar-refractivity contribution is 0.602. The van der Waals surface area contributed by atoms with Crippen LogP contribution >= 0.6 is 11.6 Å². The van der Waals surface area contributed by atoms with Crippen molar-refractivity contribution in [1.82, 2.24) is 14.4 Å². The molecule has 6 nitrogen and oxygen atoms in total. The molecule has 3 heterocycles. The summed E-state index contributed by atoms with van der Waals surface area (Å²) in [6.07, 6.45) is 4.68. The fraction of sp³-hybridized carbons (Fsp3) is 0. The maximum absolute atomic E-state index is 12.7. The molecule has 0 bridgehead atoms. The molecule has 0 aliphatic carbocycles. The molecule has 23 heavy (non-hydrogen) atoms. The summed E-state index contributed by atoms with van der Waals surface area (Å²) in [5, 5.41) is 1.12. The van der Waals surface area contributed by atoms with Crippen molar-refractivity contribution in [3.8, 4) is 0 Å². The Bertz CT molecular complexity index is 1130. The topological polar surface area (TPSA) is 79.3 Å². The van der Waals surface area contributed by atoms with Crippen LogP contribution in [0.2, 0.25) is 5.02 Å². The quantitative estimate of drug-likeness (QED) is 0.597. The fourth-order valence-electron chi connectivity index (χ4n) is 2.49. The van der Waals surface area contributed by atoms with Crippen molar-refractivity contribution in [2.75, 3.05) is 4.72 Å². The molecule has 116 valence electrons. The van der Waals surface area contributed by atoms with Gasteiger partial charge in [0, 0.05) is 28.3 Å². The Morgan fingerprint density at radius 3 is 2.96 bits per heavy atom. The van der Waals surface area contributed by atoms with Gasteiger partial charge in [-0.25, -0.2) is 13.4 Å². The molecular formula is C15H11ClN4O2S. The second-order valence-corrected chi connectivity index (χ2v) is 7.11. The Morgan fingerprint density at radius 1 is 1.22 bits per heavy atom. The van der Waals surface area contributed by atoms with Crippen molar-refractivity contribution in [1.29, 1.82) is 0 Å². The number of pyridine rings is 1. The molecule has 0 fully saturated rings. The van der Waals surface area contributed by atoms with Gasteiger partial charge in [0.05, 0.1) is 6.20 Å². The zero-order valence-electron chi connectivity index (χ0n) is 11.7. The molecule has 0 unspecified atom stereocenters. The number of imidazole rings is 1. The number of H-pyrrole nitrogens is 1. The van der Waals surface area contributed by atoms with Gasteiger partial charge in [-0.05, 0) is 30.3 Å². The normalized spacial score (nSPS) is 12.0. The van der Waals surface area contributed by atoms with E-state index >= 15 is 0 Å². The first-order valence-electron chi connectivity index (χ1n) is 6.76. The molecule has 0 saturated carbocycles. The lowest BCUT2D eigenvalue weighted by Gasteiger charge is -2.06. The molecule has 0 atom stereocenters. The van der Waals surface area contributed by atoms with Gasteiger partial charge in [-0.3, -0.25) is 9.12 Å². The van der Waals surface area contributed by atoms with Crippen LogP contribution in [0, 0.1) is 0 Å². The van der Waals surface area contributed by atoms with Crippen molar-refractivity contribution in [3.05, 3.63) is 60.0 Å². The average Bonchev–Trinajstić information content (AvgIpc) is 3.11. The highest BCUT2D eigenvalue weighted by molar-refractivity contribution is 7.93. The monoisotopic (exact) mass is 346 g/mol. The molecule has 0 amide bonds. The molecular weight excluding hydrogens is 336 g/mol. The van der Waals surface area contributed by atoms with Gasteiger partial charge in [0.25, 0.3) is 10.0 Å². The Hall–Kier alpha value is -2.51. The van der Waals surface area contributed by atoms with E-state index in [1.807, 2.05) is 6.07 Å². The number of fused-ring (bicyclic) bond motifs is 2. The van der Waals surface area contributed by atoms with Crippen molar-refractivity contribution in [2.24, 2.45) is 0 Å². The van der Waals surface area contributed by atoms with Gasteiger partial charge < -0.3 is 4.98 Å². The highest BCUT2D eigenvalue weighted by Gasteiger charge is 2.20. The van der Waals surface area contributed by atoms with Crippen LogP contribution in [-0.2, 0) is 10.0 Å². The van der Waals surface area contributed by atoms with E-state index in [1.54, 1.807) is 40.9 Å². The van der Waals surface area contributed by atoms with Crippen LogP contribution in [0.15, 0.2) is 59.9 Å². The van der Waals surface area contributed by atoms with Gasteiger partial charge in [-0.2, -0.15) is 0 Å². The van der Waals surface area contributed by atoms with E-state index in [0.717, 1.165) is 0 Å². The van der Waals surface area contributed by atoms with Gasteiger partial charge >= 0.3 is 0 Å². The second kappa shape index (κ2) is 5.00. The lowest BCUT2D eigenvalue weighted by Crippen LogP contribution is -2.13. The molecule has 4 rings (SSSR count). The lowest BCUT2D eigenvalue weighted by atomic mass is 10.2. The number of hydrogen-bond acceptors (Lipinski definition) is 3. The number of aromatic nitrogens is 3. The zero-order valence-corrected chi connectivity index (χ0v) is 13.3. The van der Waals surface area contributed by atoms with Gasteiger partial charge in [-0.1, -0.05) is 17.7 Å². The fourth-order valence-corrected chi connectivity index (χ4v) is 3.88. The smallest absolute Gasteiger partial charge is 0.265 e. The largest absolute Gasteiger partial charge is 0.360 e. The molecule has 3 aromatic heterocycles. The second-order valence-electron chi connectivity index (χ2n) is 5.02. The summed E-state index contributed by atoms with van der Waals surface area (Å²) < 4.78 is 29.6. The molecule has 1 aromatic carbocycles. The van der Waals surface area contributed by atoms with Crippen molar-refractivity contribution < 1.29 is 8.42 Å². The number of nitrogens with one attached hydrogen (secondary N) is 2. The van der Waals surface area contributed by atoms with E-state index in [0.29, 0.717) is 27.4 Å². The number of rotatable bonds is 3. The number of halogens is 1. The Balaban J connectivity index is 1.80. The van der Waals surface area contributed by atoms with Crippen molar-refractivity contribution in [2.45, 2.75) is 4.90 Å². The SMILES string of the molecule is O=S(=O)(Nc1cnc2ccccn12)c1c[nH]c2cc(Cl)ccc12. The summed E-state index contributed by atoms with van der Waals surface area (Å²) in [7, 11) is -3.76. The summed E-state index contributed by atoms with van der Waals surface area (Å²) in [6, 6.07) is 10.5. The predicted molar refractivity (Wildman–Crippen MR) is 89.3 cm³/mol. The Morgan fingerprint density at radius 2 is 2.09 bits per heavy atom. The minimum Gasteiger partial charge on any atom is -0.360 e. The van der Waals surface area contributed by atoms with E-state index in [4.69, 9.17) is 11.6 Å². The molecule has 0 saturated heterocycles. The highest BCUT2D eigenvalue weighted by atomic mass is 35.5. The van der Waals surface area contributed by atoms with Crippen LogP contribution in [0.5, 0.6) is 0 Å². The van der Waals surface area contributed by atoms with E-state index in [1.165, 1.54) is 12.4 Å². The molecule has 8 heteroatoms. The third kappa shape index (κ3) is 2.34. The molecule has 0 radical (unpaired) electrons. The molecule has 4 aromatic rings. The summed E-state index contributed by atoms with van der Waals surface area (Å²) >= 11 is 5.93. The minimum atomic E-state index is -3.76. The van der Waals surface area contributed by atoms with E-state index < -0.39 is 10.0 Å². The number of anilines is 1. The van der Waals surface area contributed by atoms with Crippen LogP contribution in [0.1, 0.15) is 0 Å². The van der Waals surface area contributed by atoms with Gasteiger partial charge in [0.15, 0.2) is 0 Å². The maximum atomic E-state index is 12.7. The average molecular weight is 347 g/mol. The Kier molecular flexibility index (Phi) is 3.07. The number of aromatic amines is 1. The predicted octanol–water partition coefficient (Wildman–Crippen LogP) is 3.27. The van der Waals surface area contributed by atoms with Crippen LogP contribution in [0.3, 0.4) is 0 Å². The highest BCUT2D eigenvalue weighted by Crippen LogP contribution is 2.27. The number of hydrogen-bond donors (Lipinski definition) is 2. The van der Waals surface area contributed by atoms with Crippen LogP contribution in [0.25, 0.3) is 16.6 Å². The summed E-state index contributed by atoms with van der Waals surface area (Å²) in [5.41, 5.74) is 1.33. The standard InChI is InChI=1S/C15H11ClN4O2S/c16-10-4-5-11-12(7-10)17-8-13(11)23(21,22)19-15-9-18-14-3-1-2-6-20(14)15/h1-9,17,19H. The van der Waals surface area contributed by atoms with E-state index in [-0.39, 0.29) is 4.90 Å². The van der Waals surface area contributed by atoms with Gasteiger partial charge in [-0.15, -0.1) is 0 Å². The number of nitrogens with zero attached hydrogens (tertiary/aromatic N) is 2. The third-order valence-electron chi connectivity index (χ3n) is 3.55. The summed E-state index contributed by atoms with van der Waals surface area (Å²) in [6.45, 7) is 0. The number of benzene rings is 1. The molecule has 0 aliphatic heterocycles. The summed E-state index contributed by atoms with van der Waals surface area (Å²) in [5.74, 6) is 0.379.